The maximum atomic E-state index is 12.9. The number of amides is 3. The fraction of sp³-hybridized carbons (Fsp3) is 0.208. The number of carbonyl (C=O) groups excluding carboxylic acids is 4. The number of carbonyl (C=O) groups is 4. The van der Waals surface area contributed by atoms with Gasteiger partial charge in [-0.3, -0.25) is 24.1 Å². The first-order valence-corrected chi connectivity index (χ1v) is 11.2. The second-order valence-corrected chi connectivity index (χ2v) is 8.52. The van der Waals surface area contributed by atoms with Crippen LogP contribution in [0.5, 0.6) is 0 Å². The zero-order chi connectivity index (χ0) is 24.4. The van der Waals surface area contributed by atoms with Crippen LogP contribution in [0.4, 0.5) is 5.82 Å². The predicted molar refractivity (Wildman–Crippen MR) is 127 cm³/mol. The summed E-state index contributed by atoms with van der Waals surface area (Å²) in [4.78, 5) is 55.3. The molecule has 34 heavy (non-hydrogen) atoms. The fourth-order valence-electron chi connectivity index (χ4n) is 3.70. The third-order valence-corrected chi connectivity index (χ3v) is 5.84. The number of hydrogen-bond acceptors (Lipinski definition) is 6. The van der Waals surface area contributed by atoms with E-state index in [9.17, 15) is 19.2 Å². The predicted octanol–water partition coefficient (Wildman–Crippen LogP) is 4.49. The van der Waals surface area contributed by atoms with Crippen molar-refractivity contribution in [3.63, 3.8) is 0 Å². The number of nitrogens with one attached hydrogen (secondary N) is 1. The number of benzene rings is 2. The van der Waals surface area contributed by atoms with Crippen molar-refractivity contribution in [2.24, 2.45) is 0 Å². The molecule has 0 bridgehead atoms. The Hall–Kier alpha value is -3.49. The van der Waals surface area contributed by atoms with E-state index in [0.717, 1.165) is 10.3 Å². The number of imide groups is 1. The van der Waals surface area contributed by atoms with Crippen LogP contribution < -0.4 is 5.32 Å². The molecule has 0 spiro atoms. The number of nitrogens with zero attached hydrogens (tertiary/aromatic N) is 2. The standard InChI is InChI=1S/C24H19Cl2N3O5/c1-13(22(31)28-21-18(26)11-15(25)12-27-21)34-19(30)9-4-10-29-23(32)16-7-2-5-14-6-3-8-17(20(14)16)24(29)33/h2-3,5-8,11-13H,4,9-10H2,1H3,(H,27,28,31)/t13-/m1/s1. The van der Waals surface area contributed by atoms with Crippen LogP contribution >= 0.6 is 23.2 Å². The van der Waals surface area contributed by atoms with Crippen molar-refractivity contribution >= 4 is 63.5 Å². The number of pyridine rings is 1. The minimum absolute atomic E-state index is 0.0440. The van der Waals surface area contributed by atoms with Gasteiger partial charge in [0, 0.05) is 35.7 Å². The van der Waals surface area contributed by atoms with Crippen LogP contribution in [0.15, 0.2) is 48.7 Å². The molecule has 0 radical (unpaired) electrons. The summed E-state index contributed by atoms with van der Waals surface area (Å²) in [5, 5.41) is 4.39. The molecule has 2 aromatic carbocycles. The number of halogens is 2. The highest BCUT2D eigenvalue weighted by molar-refractivity contribution is 6.36. The van der Waals surface area contributed by atoms with E-state index in [1.807, 2.05) is 12.1 Å². The average molecular weight is 500 g/mol. The van der Waals surface area contributed by atoms with Gasteiger partial charge < -0.3 is 10.1 Å². The minimum Gasteiger partial charge on any atom is -0.453 e. The summed E-state index contributed by atoms with van der Waals surface area (Å²) in [7, 11) is 0. The summed E-state index contributed by atoms with van der Waals surface area (Å²) in [6, 6.07) is 12.0. The number of rotatable bonds is 7. The van der Waals surface area contributed by atoms with Gasteiger partial charge in [-0.2, -0.15) is 0 Å². The van der Waals surface area contributed by atoms with Crippen molar-refractivity contribution in [1.82, 2.24) is 9.88 Å². The molecule has 4 rings (SSSR count). The van der Waals surface area contributed by atoms with Crippen LogP contribution in [0, 0.1) is 0 Å². The molecular weight excluding hydrogens is 481 g/mol. The number of anilines is 1. The van der Waals surface area contributed by atoms with E-state index in [0.29, 0.717) is 21.5 Å². The highest BCUT2D eigenvalue weighted by atomic mass is 35.5. The molecule has 1 aliphatic heterocycles. The SMILES string of the molecule is C[C@@H](OC(=O)CCCN1C(=O)c2cccc3cccc(c23)C1=O)C(=O)Nc1ncc(Cl)cc1Cl. The molecule has 3 aromatic rings. The zero-order valence-electron chi connectivity index (χ0n) is 18.0. The summed E-state index contributed by atoms with van der Waals surface area (Å²) >= 11 is 11.8. The van der Waals surface area contributed by atoms with Crippen LogP contribution in [-0.4, -0.2) is 46.2 Å². The van der Waals surface area contributed by atoms with Crippen molar-refractivity contribution in [3.8, 4) is 0 Å². The first-order valence-electron chi connectivity index (χ1n) is 10.5. The molecule has 2 heterocycles. The number of aromatic nitrogens is 1. The molecule has 1 N–H and O–H groups in total. The van der Waals surface area contributed by atoms with Crippen molar-refractivity contribution in [1.29, 1.82) is 0 Å². The van der Waals surface area contributed by atoms with E-state index in [2.05, 4.69) is 10.3 Å². The summed E-state index contributed by atoms with van der Waals surface area (Å²) in [5.74, 6) is -1.96. The molecule has 0 aliphatic carbocycles. The van der Waals surface area contributed by atoms with Crippen LogP contribution in [0.1, 0.15) is 40.5 Å². The largest absolute Gasteiger partial charge is 0.453 e. The van der Waals surface area contributed by atoms with E-state index < -0.39 is 29.8 Å². The van der Waals surface area contributed by atoms with Crippen molar-refractivity contribution < 1.29 is 23.9 Å². The van der Waals surface area contributed by atoms with Crippen LogP contribution in [0.2, 0.25) is 10.0 Å². The third kappa shape index (κ3) is 4.73. The van der Waals surface area contributed by atoms with Gasteiger partial charge in [0.05, 0.1) is 10.0 Å². The Kier molecular flexibility index (Phi) is 6.81. The maximum Gasteiger partial charge on any atom is 0.306 e. The van der Waals surface area contributed by atoms with Crippen molar-refractivity contribution in [2.75, 3.05) is 11.9 Å². The molecule has 0 fully saturated rings. The van der Waals surface area contributed by atoms with E-state index in [1.54, 1.807) is 24.3 Å². The Balaban J connectivity index is 1.32. The van der Waals surface area contributed by atoms with Gasteiger partial charge in [-0.25, -0.2) is 4.98 Å². The molecule has 0 unspecified atom stereocenters. The van der Waals surface area contributed by atoms with Gasteiger partial charge in [0.2, 0.25) is 0 Å². The van der Waals surface area contributed by atoms with E-state index >= 15 is 0 Å². The van der Waals surface area contributed by atoms with Crippen LogP contribution in [0.25, 0.3) is 10.8 Å². The summed E-state index contributed by atoms with van der Waals surface area (Å²) in [5.41, 5.74) is 0.907. The monoisotopic (exact) mass is 499 g/mol. The lowest BCUT2D eigenvalue weighted by Gasteiger charge is -2.27. The highest BCUT2D eigenvalue weighted by Crippen LogP contribution is 2.30. The normalized spacial score (nSPS) is 13.7. The van der Waals surface area contributed by atoms with Crippen LogP contribution in [0.3, 0.4) is 0 Å². The quantitative estimate of drug-likeness (QED) is 0.379. The van der Waals surface area contributed by atoms with Gasteiger partial charge in [-0.15, -0.1) is 0 Å². The number of hydrogen-bond donors (Lipinski definition) is 1. The molecule has 1 aromatic heterocycles. The Labute approximate surface area is 204 Å². The number of esters is 1. The average Bonchev–Trinajstić information content (AvgIpc) is 2.81. The van der Waals surface area contributed by atoms with E-state index in [1.165, 1.54) is 19.2 Å². The van der Waals surface area contributed by atoms with Crippen molar-refractivity contribution in [2.45, 2.75) is 25.9 Å². The van der Waals surface area contributed by atoms with Gasteiger partial charge in [-0.1, -0.05) is 47.5 Å². The molecule has 174 valence electrons. The topological polar surface area (TPSA) is 106 Å². The maximum absolute atomic E-state index is 12.9. The number of ether oxygens (including phenoxy) is 1. The third-order valence-electron chi connectivity index (χ3n) is 5.35. The highest BCUT2D eigenvalue weighted by Gasteiger charge is 2.32. The Bertz CT molecular complexity index is 1280. The molecule has 1 atom stereocenters. The van der Waals surface area contributed by atoms with Crippen molar-refractivity contribution in [3.05, 3.63) is 69.8 Å². The summed E-state index contributed by atoms with van der Waals surface area (Å²) in [6.07, 6.45) is 0.319. The lowest BCUT2D eigenvalue weighted by molar-refractivity contribution is -0.153. The second kappa shape index (κ2) is 9.79. The van der Waals surface area contributed by atoms with E-state index in [4.69, 9.17) is 27.9 Å². The molecule has 3 amide bonds. The lowest BCUT2D eigenvalue weighted by Crippen LogP contribution is -2.41. The smallest absolute Gasteiger partial charge is 0.306 e. The van der Waals surface area contributed by atoms with Crippen LogP contribution in [-0.2, 0) is 14.3 Å². The minimum atomic E-state index is -1.11. The molecule has 1 aliphatic rings. The first kappa shape index (κ1) is 23.7. The molecule has 8 nitrogen and oxygen atoms in total. The van der Waals surface area contributed by atoms with Gasteiger partial charge in [0.25, 0.3) is 17.7 Å². The molecule has 0 saturated carbocycles. The molecular formula is C24H19Cl2N3O5. The van der Waals surface area contributed by atoms with Gasteiger partial charge in [0.1, 0.15) is 0 Å². The summed E-state index contributed by atoms with van der Waals surface area (Å²) < 4.78 is 5.16. The van der Waals surface area contributed by atoms with Gasteiger partial charge in [-0.05, 0) is 36.9 Å². The first-order chi connectivity index (χ1) is 16.3. The Morgan fingerprint density at radius 1 is 1.09 bits per heavy atom. The lowest BCUT2D eigenvalue weighted by atomic mass is 9.94. The Morgan fingerprint density at radius 2 is 1.74 bits per heavy atom. The summed E-state index contributed by atoms with van der Waals surface area (Å²) in [6.45, 7) is 1.45. The fourth-order valence-corrected chi connectivity index (χ4v) is 4.13. The van der Waals surface area contributed by atoms with Gasteiger partial charge in [0.15, 0.2) is 11.9 Å². The van der Waals surface area contributed by atoms with E-state index in [-0.39, 0.29) is 30.2 Å². The van der Waals surface area contributed by atoms with Gasteiger partial charge >= 0.3 is 5.97 Å². The molecule has 0 saturated heterocycles. The second-order valence-electron chi connectivity index (χ2n) is 7.68. The molecule has 10 heteroatoms. The zero-order valence-corrected chi connectivity index (χ0v) is 19.5. The Morgan fingerprint density at radius 3 is 2.35 bits per heavy atom.